The van der Waals surface area contributed by atoms with Crippen LogP contribution < -0.4 is 26.0 Å². The van der Waals surface area contributed by atoms with Crippen LogP contribution in [0.4, 0.5) is 10.5 Å². The van der Waals surface area contributed by atoms with Crippen molar-refractivity contribution in [3.05, 3.63) is 89.5 Å². The van der Waals surface area contributed by atoms with E-state index in [0.717, 1.165) is 33.5 Å². The maximum absolute atomic E-state index is 13.9. The van der Waals surface area contributed by atoms with Gasteiger partial charge in [0.1, 0.15) is 5.75 Å². The van der Waals surface area contributed by atoms with Gasteiger partial charge in [0, 0.05) is 18.7 Å². The highest BCUT2D eigenvalue weighted by atomic mass is 16.5. The van der Waals surface area contributed by atoms with Crippen LogP contribution in [0.25, 0.3) is 17.2 Å². The minimum Gasteiger partial charge on any atom is -0.497 e. The average Bonchev–Trinajstić information content (AvgIpc) is 3.09. The largest absolute Gasteiger partial charge is 0.497 e. The number of hydrogen-bond donors (Lipinski definition) is 3. The molecule has 8 nitrogen and oxygen atoms in total. The Kier molecular flexibility index (Phi) is 9.22. The van der Waals surface area contributed by atoms with E-state index in [-0.39, 0.29) is 11.9 Å². The first kappa shape index (κ1) is 28.4. The maximum atomic E-state index is 13.9. The second-order valence-electron chi connectivity index (χ2n) is 9.72. The van der Waals surface area contributed by atoms with Gasteiger partial charge in [0.25, 0.3) is 0 Å². The highest BCUT2D eigenvalue weighted by molar-refractivity contribution is 6.02. The SMILES string of the molecule is CCNC(=O)NCc1ccccc1-c1ccc(CN2C(=O)[C@@H](C(CC)C(N)=O)C=Cc3cc(OC)ccc32)cc1. The van der Waals surface area contributed by atoms with Crippen LogP contribution in [0, 0.1) is 11.8 Å². The van der Waals surface area contributed by atoms with Crippen molar-refractivity contribution >= 4 is 29.6 Å². The number of hydrogen-bond acceptors (Lipinski definition) is 4. The number of rotatable bonds is 10. The molecule has 0 spiro atoms. The number of nitrogens with one attached hydrogen (secondary N) is 2. The molecule has 4 amide bonds. The first-order chi connectivity index (χ1) is 19.4. The van der Waals surface area contributed by atoms with E-state index in [2.05, 4.69) is 10.6 Å². The Bertz CT molecular complexity index is 1400. The van der Waals surface area contributed by atoms with E-state index >= 15 is 0 Å². The molecule has 0 bridgehead atoms. The molecule has 1 aliphatic rings. The van der Waals surface area contributed by atoms with Crippen molar-refractivity contribution in [2.45, 2.75) is 33.4 Å². The number of methoxy groups -OCH3 is 1. The molecule has 4 rings (SSSR count). The van der Waals surface area contributed by atoms with E-state index in [0.29, 0.717) is 31.8 Å². The van der Waals surface area contributed by atoms with Crippen LogP contribution >= 0.6 is 0 Å². The highest BCUT2D eigenvalue weighted by Crippen LogP contribution is 2.35. The van der Waals surface area contributed by atoms with Gasteiger partial charge < -0.3 is 26.0 Å². The summed E-state index contributed by atoms with van der Waals surface area (Å²) in [6.07, 6.45) is 4.13. The third-order valence-electron chi connectivity index (χ3n) is 7.20. The Morgan fingerprint density at radius 1 is 1.02 bits per heavy atom. The number of carbonyl (C=O) groups excluding carboxylic acids is 3. The fourth-order valence-corrected chi connectivity index (χ4v) is 5.06. The average molecular weight is 541 g/mol. The fourth-order valence-electron chi connectivity index (χ4n) is 5.06. The number of urea groups is 1. The minimum absolute atomic E-state index is 0.170. The van der Waals surface area contributed by atoms with Crippen molar-refractivity contribution in [2.24, 2.45) is 17.6 Å². The number of nitrogens with zero attached hydrogens (tertiary/aromatic N) is 1. The Balaban J connectivity index is 1.62. The summed E-state index contributed by atoms with van der Waals surface area (Å²) in [6, 6.07) is 21.3. The van der Waals surface area contributed by atoms with Crippen LogP contribution in [0.3, 0.4) is 0 Å². The van der Waals surface area contributed by atoms with E-state index < -0.39 is 17.7 Å². The van der Waals surface area contributed by atoms with Crippen molar-refractivity contribution in [1.82, 2.24) is 10.6 Å². The molecule has 1 aliphatic heterocycles. The summed E-state index contributed by atoms with van der Waals surface area (Å²) in [7, 11) is 1.60. The zero-order valence-electron chi connectivity index (χ0n) is 23.1. The second kappa shape index (κ2) is 13.0. The Morgan fingerprint density at radius 3 is 2.45 bits per heavy atom. The first-order valence-corrected chi connectivity index (χ1v) is 13.5. The molecule has 0 fully saturated rings. The predicted molar refractivity (Wildman–Crippen MR) is 157 cm³/mol. The summed E-state index contributed by atoms with van der Waals surface area (Å²) >= 11 is 0. The molecule has 40 heavy (non-hydrogen) atoms. The molecular formula is C32H36N4O4. The van der Waals surface area contributed by atoms with E-state index in [1.54, 1.807) is 18.1 Å². The van der Waals surface area contributed by atoms with Gasteiger partial charge in [0.05, 0.1) is 31.2 Å². The molecule has 0 aromatic heterocycles. The van der Waals surface area contributed by atoms with Gasteiger partial charge in [0.2, 0.25) is 11.8 Å². The van der Waals surface area contributed by atoms with Crippen molar-refractivity contribution in [2.75, 3.05) is 18.6 Å². The standard InChI is InChI=1S/C32H36N4O4/c1-4-26(30(33)37)28-16-14-23-18-25(40-3)15-17-29(23)36(31(28)38)20-21-10-12-22(13-11-21)27-9-7-6-8-24(27)19-35-32(39)34-5-2/h6-18,26,28H,4-5,19-20H2,1-3H3,(H2,33,37)(H2,34,35,39)/t26?,28-/m1/s1. The van der Waals surface area contributed by atoms with Gasteiger partial charge in [-0.15, -0.1) is 0 Å². The number of amides is 4. The Hall–Kier alpha value is -4.59. The Labute approximate surface area is 235 Å². The zero-order chi connectivity index (χ0) is 28.6. The molecule has 0 saturated heterocycles. The van der Waals surface area contributed by atoms with Crippen LogP contribution in [-0.2, 0) is 22.7 Å². The van der Waals surface area contributed by atoms with Crippen molar-refractivity contribution < 1.29 is 19.1 Å². The van der Waals surface area contributed by atoms with E-state index in [9.17, 15) is 14.4 Å². The summed E-state index contributed by atoms with van der Waals surface area (Å²) in [6.45, 7) is 5.03. The molecule has 4 N–H and O–H groups in total. The number of fused-ring (bicyclic) bond motifs is 1. The first-order valence-electron chi connectivity index (χ1n) is 13.5. The lowest BCUT2D eigenvalue weighted by Gasteiger charge is -2.28. The molecule has 8 heteroatoms. The van der Waals surface area contributed by atoms with Crippen molar-refractivity contribution in [3.8, 4) is 16.9 Å². The fraction of sp³-hybridized carbons (Fsp3) is 0.281. The van der Waals surface area contributed by atoms with Gasteiger partial charge in [0.15, 0.2) is 0 Å². The molecule has 1 unspecified atom stereocenters. The van der Waals surface area contributed by atoms with Crippen molar-refractivity contribution in [3.63, 3.8) is 0 Å². The number of carbonyl (C=O) groups is 3. The molecule has 0 saturated carbocycles. The normalized spacial score (nSPS) is 15.1. The van der Waals surface area contributed by atoms with E-state index in [4.69, 9.17) is 10.5 Å². The molecule has 208 valence electrons. The van der Waals surface area contributed by atoms with Gasteiger partial charge in [-0.2, -0.15) is 0 Å². The summed E-state index contributed by atoms with van der Waals surface area (Å²) < 4.78 is 5.40. The topological polar surface area (TPSA) is 114 Å². The second-order valence-corrected chi connectivity index (χ2v) is 9.72. The van der Waals surface area contributed by atoms with Gasteiger partial charge >= 0.3 is 6.03 Å². The highest BCUT2D eigenvalue weighted by Gasteiger charge is 2.35. The predicted octanol–water partition coefficient (Wildman–Crippen LogP) is 4.87. The third-order valence-corrected chi connectivity index (χ3v) is 7.20. The summed E-state index contributed by atoms with van der Waals surface area (Å²) in [5.74, 6) is -1.24. The lowest BCUT2D eigenvalue weighted by Crippen LogP contribution is -2.41. The lowest BCUT2D eigenvalue weighted by atomic mass is 9.88. The molecular weight excluding hydrogens is 504 g/mol. The van der Waals surface area contributed by atoms with E-state index in [1.165, 1.54) is 0 Å². The monoisotopic (exact) mass is 540 g/mol. The zero-order valence-corrected chi connectivity index (χ0v) is 23.1. The summed E-state index contributed by atoms with van der Waals surface area (Å²) in [4.78, 5) is 39.7. The summed E-state index contributed by atoms with van der Waals surface area (Å²) in [5, 5.41) is 5.63. The van der Waals surface area contributed by atoms with Crippen LogP contribution in [0.2, 0.25) is 0 Å². The number of benzene rings is 3. The Morgan fingerprint density at radius 2 is 1.77 bits per heavy atom. The van der Waals surface area contributed by atoms with Gasteiger partial charge in [-0.25, -0.2) is 4.79 Å². The quantitative estimate of drug-likeness (QED) is 0.340. The molecule has 1 heterocycles. The van der Waals surface area contributed by atoms with E-state index in [1.807, 2.05) is 86.7 Å². The number of primary amides is 1. The third kappa shape index (κ3) is 6.34. The molecule has 0 radical (unpaired) electrons. The molecule has 0 aliphatic carbocycles. The molecule has 2 atom stereocenters. The number of nitrogens with two attached hydrogens (primary N) is 1. The van der Waals surface area contributed by atoms with Gasteiger partial charge in [-0.1, -0.05) is 67.6 Å². The number of ether oxygens (including phenoxy) is 1. The van der Waals surface area contributed by atoms with Crippen LogP contribution in [0.15, 0.2) is 72.8 Å². The lowest BCUT2D eigenvalue weighted by molar-refractivity contribution is -0.130. The molecule has 3 aromatic carbocycles. The minimum atomic E-state index is -0.663. The smallest absolute Gasteiger partial charge is 0.315 e. The summed E-state index contributed by atoms with van der Waals surface area (Å²) in [5.41, 5.74) is 11.2. The van der Waals surface area contributed by atoms with Crippen LogP contribution in [0.1, 0.15) is 37.0 Å². The van der Waals surface area contributed by atoms with Gasteiger partial charge in [-0.3, -0.25) is 9.59 Å². The van der Waals surface area contributed by atoms with Crippen molar-refractivity contribution in [1.29, 1.82) is 0 Å². The maximum Gasteiger partial charge on any atom is 0.315 e. The van der Waals surface area contributed by atoms with Crippen LogP contribution in [0.5, 0.6) is 5.75 Å². The van der Waals surface area contributed by atoms with Crippen LogP contribution in [-0.4, -0.2) is 31.5 Å². The number of anilines is 1. The van der Waals surface area contributed by atoms with Gasteiger partial charge in [-0.05, 0) is 53.8 Å². The molecule has 3 aromatic rings.